The van der Waals surface area contributed by atoms with Gasteiger partial charge in [-0.2, -0.15) is 0 Å². The van der Waals surface area contributed by atoms with Crippen LogP contribution in [-0.2, 0) is 20.7 Å². The molecule has 0 bridgehead atoms. The number of alkyl carbamates (subject to hydrolysis) is 1. The monoisotopic (exact) mass is 420 g/mol. The number of aromatic hydroxyl groups is 1. The van der Waals surface area contributed by atoms with E-state index in [4.69, 9.17) is 4.74 Å². The summed E-state index contributed by atoms with van der Waals surface area (Å²) < 4.78 is 5.27. The van der Waals surface area contributed by atoms with Crippen LogP contribution in [0, 0.1) is 5.92 Å². The van der Waals surface area contributed by atoms with Gasteiger partial charge in [-0.25, -0.2) is 9.59 Å². The van der Waals surface area contributed by atoms with Crippen molar-refractivity contribution in [3.8, 4) is 5.75 Å². The number of nitrogens with one attached hydrogen (secondary N) is 1. The van der Waals surface area contributed by atoms with Crippen molar-refractivity contribution in [3.63, 3.8) is 0 Å². The number of amides is 2. The molecule has 0 aliphatic heterocycles. The van der Waals surface area contributed by atoms with Gasteiger partial charge in [0.05, 0.1) is 0 Å². The number of carbonyl (C=O) groups excluding carboxylic acids is 2. The number of carboxylic acid groups (broad SMARTS) is 1. The van der Waals surface area contributed by atoms with E-state index in [0.717, 1.165) is 5.56 Å². The first-order valence-electron chi connectivity index (χ1n) is 10.2. The Labute approximate surface area is 177 Å². The molecular weight excluding hydrogens is 388 g/mol. The Morgan fingerprint density at radius 3 is 2.20 bits per heavy atom. The molecule has 1 atom stereocenters. The fourth-order valence-electron chi connectivity index (χ4n) is 3.65. The van der Waals surface area contributed by atoms with Crippen LogP contribution in [0.15, 0.2) is 24.3 Å². The van der Waals surface area contributed by atoms with Crippen molar-refractivity contribution in [3.05, 3.63) is 29.8 Å². The standard InChI is InChI=1S/C22H32N2O6/c1-22(2,3)30-21(29)23-16-9-7-15(8-10-16)19(26)24(4)18(20(27)28)13-14-5-11-17(25)12-6-14/h5-6,11-12,15-16,18,25H,7-10,13H2,1-4H3,(H,23,29)(H,27,28). The van der Waals surface area contributed by atoms with Crippen molar-refractivity contribution < 1.29 is 29.3 Å². The third-order valence-electron chi connectivity index (χ3n) is 5.26. The van der Waals surface area contributed by atoms with Crippen molar-refractivity contribution in [2.45, 2.75) is 70.6 Å². The van der Waals surface area contributed by atoms with Crippen molar-refractivity contribution in [2.24, 2.45) is 5.92 Å². The minimum absolute atomic E-state index is 0.0542. The quantitative estimate of drug-likeness (QED) is 0.652. The van der Waals surface area contributed by atoms with E-state index in [0.29, 0.717) is 25.7 Å². The number of ether oxygens (including phenoxy) is 1. The van der Waals surface area contributed by atoms with Crippen LogP contribution in [0.4, 0.5) is 4.79 Å². The van der Waals surface area contributed by atoms with Gasteiger partial charge in [-0.05, 0) is 64.2 Å². The summed E-state index contributed by atoms with van der Waals surface area (Å²) in [5.41, 5.74) is 0.161. The predicted molar refractivity (Wildman–Crippen MR) is 111 cm³/mol. The molecule has 1 saturated carbocycles. The minimum atomic E-state index is -1.07. The van der Waals surface area contributed by atoms with E-state index in [2.05, 4.69) is 5.32 Å². The lowest BCUT2D eigenvalue weighted by atomic mass is 9.85. The Morgan fingerprint density at radius 1 is 1.13 bits per heavy atom. The number of benzene rings is 1. The summed E-state index contributed by atoms with van der Waals surface area (Å²) in [7, 11) is 1.52. The molecule has 166 valence electrons. The molecule has 1 aliphatic carbocycles. The maximum Gasteiger partial charge on any atom is 0.407 e. The van der Waals surface area contributed by atoms with Gasteiger partial charge in [-0.15, -0.1) is 0 Å². The number of hydrogen-bond donors (Lipinski definition) is 3. The van der Waals surface area contributed by atoms with Crippen molar-refractivity contribution >= 4 is 18.0 Å². The molecule has 0 saturated heterocycles. The molecule has 1 aromatic rings. The summed E-state index contributed by atoms with van der Waals surface area (Å²) >= 11 is 0. The highest BCUT2D eigenvalue weighted by Gasteiger charge is 2.34. The summed E-state index contributed by atoms with van der Waals surface area (Å²) in [5.74, 6) is -1.43. The number of carboxylic acids is 1. The minimum Gasteiger partial charge on any atom is -0.508 e. The Hall–Kier alpha value is -2.77. The van der Waals surface area contributed by atoms with Gasteiger partial charge in [0.1, 0.15) is 17.4 Å². The van der Waals surface area contributed by atoms with Crippen LogP contribution in [0.3, 0.4) is 0 Å². The number of rotatable bonds is 6. The molecular formula is C22H32N2O6. The van der Waals surface area contributed by atoms with E-state index in [-0.39, 0.29) is 30.0 Å². The van der Waals surface area contributed by atoms with Gasteiger partial charge in [0.15, 0.2) is 0 Å². The van der Waals surface area contributed by atoms with Crippen LogP contribution < -0.4 is 5.32 Å². The summed E-state index contributed by atoms with van der Waals surface area (Å²) in [6, 6.07) is 5.25. The highest BCUT2D eigenvalue weighted by molar-refractivity contribution is 5.85. The first kappa shape index (κ1) is 23.5. The number of likely N-dealkylation sites (N-methyl/N-ethyl adjacent to an activating group) is 1. The third-order valence-corrected chi connectivity index (χ3v) is 5.26. The topological polar surface area (TPSA) is 116 Å². The Bertz CT molecular complexity index is 748. The molecule has 2 amide bonds. The van der Waals surface area contributed by atoms with Crippen LogP contribution in [0.25, 0.3) is 0 Å². The largest absolute Gasteiger partial charge is 0.508 e. The molecule has 30 heavy (non-hydrogen) atoms. The summed E-state index contributed by atoms with van der Waals surface area (Å²) in [5, 5.41) is 21.9. The molecule has 1 aromatic carbocycles. The zero-order chi connectivity index (χ0) is 22.5. The zero-order valence-corrected chi connectivity index (χ0v) is 18.1. The maximum absolute atomic E-state index is 12.9. The van der Waals surface area contributed by atoms with Gasteiger partial charge in [-0.3, -0.25) is 4.79 Å². The van der Waals surface area contributed by atoms with Crippen LogP contribution in [-0.4, -0.2) is 57.8 Å². The second-order valence-electron chi connectivity index (χ2n) is 8.87. The van der Waals surface area contributed by atoms with E-state index in [1.54, 1.807) is 32.9 Å². The number of hydrogen-bond acceptors (Lipinski definition) is 5. The number of nitrogens with zero attached hydrogens (tertiary/aromatic N) is 1. The number of carbonyl (C=O) groups is 3. The Kier molecular flexibility index (Phi) is 7.70. The average molecular weight is 421 g/mol. The third kappa shape index (κ3) is 6.93. The highest BCUT2D eigenvalue weighted by atomic mass is 16.6. The molecule has 1 fully saturated rings. The molecule has 8 heteroatoms. The van der Waals surface area contributed by atoms with Crippen LogP contribution >= 0.6 is 0 Å². The highest BCUT2D eigenvalue weighted by Crippen LogP contribution is 2.27. The molecule has 0 radical (unpaired) electrons. The van der Waals surface area contributed by atoms with Crippen molar-refractivity contribution in [1.29, 1.82) is 0 Å². The first-order chi connectivity index (χ1) is 14.0. The smallest absolute Gasteiger partial charge is 0.407 e. The number of phenols is 1. The predicted octanol–water partition coefficient (Wildman–Crippen LogP) is 2.93. The van der Waals surface area contributed by atoms with Crippen LogP contribution in [0.1, 0.15) is 52.0 Å². The molecule has 1 unspecified atom stereocenters. The lowest BCUT2D eigenvalue weighted by Crippen LogP contribution is -2.48. The lowest BCUT2D eigenvalue weighted by Gasteiger charge is -2.33. The van der Waals surface area contributed by atoms with E-state index in [1.165, 1.54) is 24.1 Å². The normalized spacial score (nSPS) is 20.1. The van der Waals surface area contributed by atoms with Gasteiger partial charge < -0.3 is 25.2 Å². The van der Waals surface area contributed by atoms with Gasteiger partial charge in [0.25, 0.3) is 0 Å². The van der Waals surface area contributed by atoms with Gasteiger partial charge in [-0.1, -0.05) is 12.1 Å². The SMILES string of the molecule is CN(C(=O)C1CCC(NC(=O)OC(C)(C)C)CC1)C(Cc1ccc(O)cc1)C(=O)O. The van der Waals surface area contributed by atoms with Gasteiger partial charge in [0, 0.05) is 25.4 Å². The van der Waals surface area contributed by atoms with Crippen molar-refractivity contribution in [1.82, 2.24) is 10.2 Å². The second-order valence-corrected chi connectivity index (χ2v) is 8.87. The van der Waals surface area contributed by atoms with Crippen LogP contribution in [0.2, 0.25) is 0 Å². The Balaban J connectivity index is 1.91. The first-order valence-corrected chi connectivity index (χ1v) is 10.2. The molecule has 3 N–H and O–H groups in total. The van der Waals surface area contributed by atoms with E-state index >= 15 is 0 Å². The van der Waals surface area contributed by atoms with Gasteiger partial charge >= 0.3 is 12.1 Å². The molecule has 2 rings (SSSR count). The average Bonchev–Trinajstić information content (AvgIpc) is 2.65. The zero-order valence-electron chi connectivity index (χ0n) is 18.1. The second kappa shape index (κ2) is 9.82. The van der Waals surface area contributed by atoms with E-state index < -0.39 is 23.7 Å². The summed E-state index contributed by atoms with van der Waals surface area (Å²) in [6.07, 6.45) is 2.13. The molecule has 8 nitrogen and oxygen atoms in total. The molecule has 1 aliphatic rings. The molecule has 0 spiro atoms. The summed E-state index contributed by atoms with van der Waals surface area (Å²) in [6.45, 7) is 5.40. The fraction of sp³-hybridized carbons (Fsp3) is 0.591. The summed E-state index contributed by atoms with van der Waals surface area (Å²) in [4.78, 5) is 37.9. The lowest BCUT2D eigenvalue weighted by molar-refractivity contribution is -0.151. The van der Waals surface area contributed by atoms with E-state index in [1.807, 2.05) is 0 Å². The maximum atomic E-state index is 12.9. The molecule has 0 aromatic heterocycles. The van der Waals surface area contributed by atoms with E-state index in [9.17, 15) is 24.6 Å². The Morgan fingerprint density at radius 2 is 1.70 bits per heavy atom. The molecule has 0 heterocycles. The van der Waals surface area contributed by atoms with Crippen LogP contribution in [0.5, 0.6) is 5.75 Å². The van der Waals surface area contributed by atoms with Gasteiger partial charge in [0.2, 0.25) is 5.91 Å². The number of aliphatic carboxylic acids is 1. The van der Waals surface area contributed by atoms with Crippen molar-refractivity contribution in [2.75, 3.05) is 7.05 Å². The number of phenolic OH excluding ortho intramolecular Hbond substituents is 1. The fourth-order valence-corrected chi connectivity index (χ4v) is 3.65.